The minimum Gasteiger partial charge on any atom is -0.481 e. The van der Waals surface area contributed by atoms with Crippen molar-refractivity contribution in [2.75, 3.05) is 0 Å². The molecule has 0 radical (unpaired) electrons. The molecule has 6 rings (SSSR count). The average Bonchev–Trinajstić information content (AvgIpc) is 3.37. The van der Waals surface area contributed by atoms with Crippen molar-refractivity contribution < 1.29 is 29.0 Å². The molecule has 53 heavy (non-hydrogen) atoms. The Bertz CT molecular complexity index is 1640. The van der Waals surface area contributed by atoms with Gasteiger partial charge in [-0.1, -0.05) is 83.5 Å². The molecule has 1 amide bonds. The number of carbonyl (C=O) groups is 4. The van der Waals surface area contributed by atoms with Gasteiger partial charge < -0.3 is 15.2 Å². The van der Waals surface area contributed by atoms with E-state index < -0.39 is 17.4 Å². The number of ether oxygens (including phenoxy) is 1. The zero-order valence-corrected chi connectivity index (χ0v) is 34.3. The summed E-state index contributed by atoms with van der Waals surface area (Å²) in [6.45, 7) is 22.1. The van der Waals surface area contributed by atoms with Gasteiger partial charge >= 0.3 is 11.9 Å². The van der Waals surface area contributed by atoms with Crippen molar-refractivity contribution >= 4 is 24.1 Å². The number of carboxylic acid groups (broad SMARTS) is 1. The molecule has 0 spiro atoms. The van der Waals surface area contributed by atoms with Crippen LogP contribution in [0.25, 0.3) is 0 Å². The Kier molecular flexibility index (Phi) is 11.7. The smallest absolute Gasteiger partial charge is 0.309 e. The minimum absolute atomic E-state index is 0.0595. The van der Waals surface area contributed by atoms with E-state index in [1.807, 2.05) is 25.1 Å². The molecule has 4 saturated carbocycles. The van der Waals surface area contributed by atoms with Crippen LogP contribution in [0.3, 0.4) is 0 Å². The van der Waals surface area contributed by atoms with E-state index in [1.54, 1.807) is 13.8 Å². The number of benzene rings is 1. The fourth-order valence-electron chi connectivity index (χ4n) is 12.7. The number of esters is 1. The van der Waals surface area contributed by atoms with Crippen LogP contribution < -0.4 is 5.32 Å². The van der Waals surface area contributed by atoms with Gasteiger partial charge in [-0.3, -0.25) is 19.2 Å². The molecular formula is C46H67NO6. The van der Waals surface area contributed by atoms with E-state index in [0.29, 0.717) is 48.8 Å². The molecular weight excluding hydrogens is 663 g/mol. The van der Waals surface area contributed by atoms with Crippen LogP contribution in [0, 0.1) is 63.6 Å². The van der Waals surface area contributed by atoms with Crippen LogP contribution in [0.5, 0.6) is 0 Å². The Hall–Kier alpha value is -3.22. The summed E-state index contributed by atoms with van der Waals surface area (Å²) in [5.41, 5.74) is 4.07. The van der Waals surface area contributed by atoms with Gasteiger partial charge in [-0.15, -0.1) is 0 Å². The Morgan fingerprint density at radius 3 is 2.32 bits per heavy atom. The Balaban J connectivity index is 0.000000422. The second-order valence-electron chi connectivity index (χ2n) is 19.4. The molecule has 0 aliphatic heterocycles. The summed E-state index contributed by atoms with van der Waals surface area (Å²) in [6, 6.07) is 8.06. The molecule has 7 nitrogen and oxygen atoms in total. The van der Waals surface area contributed by atoms with Gasteiger partial charge in [0, 0.05) is 23.8 Å². The predicted octanol–water partition coefficient (Wildman–Crippen LogP) is 9.81. The van der Waals surface area contributed by atoms with Crippen LogP contribution in [0.15, 0.2) is 47.6 Å². The van der Waals surface area contributed by atoms with Gasteiger partial charge in [0.25, 0.3) is 0 Å². The predicted molar refractivity (Wildman–Crippen MR) is 210 cm³/mol. The number of aryl methyl sites for hydroxylation is 1. The summed E-state index contributed by atoms with van der Waals surface area (Å²) in [7, 11) is 0. The average molecular weight is 730 g/mol. The van der Waals surface area contributed by atoms with E-state index in [9.17, 15) is 24.3 Å². The zero-order valence-electron chi connectivity index (χ0n) is 34.3. The maximum Gasteiger partial charge on any atom is 0.309 e. The third kappa shape index (κ3) is 7.44. The second kappa shape index (κ2) is 15.1. The van der Waals surface area contributed by atoms with E-state index in [0.717, 1.165) is 36.8 Å². The molecule has 1 aromatic carbocycles. The number of ketones is 1. The first-order valence-corrected chi connectivity index (χ1v) is 20.3. The van der Waals surface area contributed by atoms with Crippen molar-refractivity contribution in [2.45, 2.75) is 146 Å². The molecule has 0 heterocycles. The van der Waals surface area contributed by atoms with Crippen LogP contribution in [-0.2, 0) is 30.5 Å². The zero-order chi connectivity index (χ0) is 39.1. The number of rotatable bonds is 9. The molecule has 5 aliphatic carbocycles. The van der Waals surface area contributed by atoms with E-state index in [2.05, 4.69) is 72.0 Å². The topological polar surface area (TPSA) is 110 Å². The number of amides is 1. The first-order chi connectivity index (χ1) is 24.8. The van der Waals surface area contributed by atoms with Gasteiger partial charge in [-0.25, -0.2) is 0 Å². The molecule has 292 valence electrons. The van der Waals surface area contributed by atoms with Gasteiger partial charge in [-0.2, -0.15) is 0 Å². The SMILES string of the molecule is C/C=C/C12CCC3C(CCC4C3(C)CCC3C(C)(C)C(OC(=O)CC(C)(C)C(=O)O)CCC34C)C1=C(C(C)C)C(=O)C2.Cc1cccc(CNC=O)c1. The van der Waals surface area contributed by atoms with Gasteiger partial charge in [0.2, 0.25) is 6.41 Å². The quantitative estimate of drug-likeness (QED) is 0.149. The monoisotopic (exact) mass is 729 g/mol. The number of carbonyl (C=O) groups excluding carboxylic acids is 3. The first kappa shape index (κ1) is 41.0. The number of hydrogen-bond donors (Lipinski definition) is 2. The number of carboxylic acids is 1. The Morgan fingerprint density at radius 2 is 1.70 bits per heavy atom. The molecule has 0 aromatic heterocycles. The number of aliphatic carboxylic acids is 1. The first-order valence-electron chi connectivity index (χ1n) is 20.3. The lowest BCUT2D eigenvalue weighted by Gasteiger charge is -2.68. The molecule has 4 fully saturated rings. The highest BCUT2D eigenvalue weighted by atomic mass is 16.5. The number of Topliss-reactive ketones (excluding diaryl/α,β-unsaturated/α-hetero) is 1. The van der Waals surface area contributed by atoms with Crippen LogP contribution in [0.1, 0.15) is 138 Å². The number of fused-ring (bicyclic) bond motifs is 7. The van der Waals surface area contributed by atoms with E-state index in [4.69, 9.17) is 4.74 Å². The molecule has 0 bridgehead atoms. The van der Waals surface area contributed by atoms with Crippen LogP contribution in [0.2, 0.25) is 0 Å². The van der Waals surface area contributed by atoms with E-state index >= 15 is 0 Å². The summed E-state index contributed by atoms with van der Waals surface area (Å²) in [5, 5.41) is 12.1. The lowest BCUT2D eigenvalue weighted by atomic mass is 9.36. The standard InChI is InChI=1S/C37H56O5.C9H11NO/c1-10-16-37-19-13-24-23(31(37)30(22(2)3)25(38)20-37)11-12-27-35(24,8)17-14-26-34(6,7)28(15-18-36(26,27)9)42-29(39)21-33(4,5)32(40)41;1-8-3-2-4-9(5-8)6-10-7-11/h10,16,22-24,26-28H,11-15,17-21H2,1-9H3,(H,40,41);2-5,7H,6H2,1H3,(H,10,11)/b16-10+;. The summed E-state index contributed by atoms with van der Waals surface area (Å²) in [5.74, 6) is 1.48. The molecule has 2 N–H and O–H groups in total. The van der Waals surface area contributed by atoms with Crippen molar-refractivity contribution in [3.63, 3.8) is 0 Å². The fraction of sp³-hybridized carbons (Fsp3) is 0.696. The van der Waals surface area contributed by atoms with Crippen LogP contribution in [-0.4, -0.2) is 35.3 Å². The maximum atomic E-state index is 13.5. The number of hydrogen-bond acceptors (Lipinski definition) is 5. The van der Waals surface area contributed by atoms with Crippen molar-refractivity contribution in [1.82, 2.24) is 5.32 Å². The van der Waals surface area contributed by atoms with Crippen LogP contribution >= 0.6 is 0 Å². The van der Waals surface area contributed by atoms with E-state index in [1.165, 1.54) is 36.8 Å². The second-order valence-corrected chi connectivity index (χ2v) is 19.4. The largest absolute Gasteiger partial charge is 0.481 e. The summed E-state index contributed by atoms with van der Waals surface area (Å²) in [6.07, 6.45) is 14.5. The third-order valence-electron chi connectivity index (χ3n) is 15.0. The van der Waals surface area contributed by atoms with Gasteiger partial charge in [0.05, 0.1) is 11.8 Å². The Morgan fingerprint density at radius 1 is 1.00 bits per heavy atom. The molecule has 8 unspecified atom stereocenters. The fourth-order valence-corrected chi connectivity index (χ4v) is 12.7. The van der Waals surface area contributed by atoms with Crippen molar-refractivity contribution in [3.8, 4) is 0 Å². The van der Waals surface area contributed by atoms with E-state index in [-0.39, 0.29) is 40.1 Å². The highest BCUT2D eigenvalue weighted by Gasteiger charge is 2.66. The van der Waals surface area contributed by atoms with Crippen molar-refractivity contribution in [2.24, 2.45) is 56.7 Å². The van der Waals surface area contributed by atoms with Crippen LogP contribution in [0.4, 0.5) is 0 Å². The third-order valence-corrected chi connectivity index (χ3v) is 15.0. The van der Waals surface area contributed by atoms with Gasteiger partial charge in [0.15, 0.2) is 5.78 Å². The van der Waals surface area contributed by atoms with Gasteiger partial charge in [0.1, 0.15) is 6.10 Å². The molecule has 8 atom stereocenters. The number of allylic oxidation sites excluding steroid dienone is 4. The maximum absolute atomic E-state index is 13.5. The molecule has 7 heteroatoms. The molecule has 5 aliphatic rings. The summed E-state index contributed by atoms with van der Waals surface area (Å²) in [4.78, 5) is 48.0. The van der Waals surface area contributed by atoms with Crippen molar-refractivity contribution in [1.29, 1.82) is 0 Å². The minimum atomic E-state index is -1.13. The lowest BCUT2D eigenvalue weighted by Crippen LogP contribution is -2.63. The molecule has 1 aromatic rings. The lowest BCUT2D eigenvalue weighted by molar-refractivity contribution is -0.213. The van der Waals surface area contributed by atoms with Crippen molar-refractivity contribution in [3.05, 3.63) is 58.7 Å². The Labute approximate surface area is 319 Å². The number of nitrogens with one attached hydrogen (secondary N) is 1. The highest BCUT2D eigenvalue weighted by molar-refractivity contribution is 6.01. The normalized spacial score (nSPS) is 34.6. The summed E-state index contributed by atoms with van der Waals surface area (Å²) < 4.78 is 6.11. The molecule has 0 saturated heterocycles. The summed E-state index contributed by atoms with van der Waals surface area (Å²) >= 11 is 0. The van der Waals surface area contributed by atoms with Gasteiger partial charge in [-0.05, 0) is 136 Å². The highest BCUT2D eigenvalue weighted by Crippen LogP contribution is 2.73.